The summed E-state index contributed by atoms with van der Waals surface area (Å²) in [5.74, 6) is 0. The van der Waals surface area contributed by atoms with E-state index < -0.39 is 12.2 Å². The Morgan fingerprint density at radius 3 is 0.957 bits per heavy atom. The second kappa shape index (κ2) is 23.2. The smallest absolute Gasteiger partial charge is 0.465 e. The number of nitrogens with two attached hydrogens (primary N) is 2. The Morgan fingerprint density at radius 1 is 0.609 bits per heavy atom. The van der Waals surface area contributed by atoms with Gasteiger partial charge in [-0.25, -0.2) is 9.59 Å². The minimum absolute atomic E-state index is 0. The van der Waals surface area contributed by atoms with Crippen molar-refractivity contribution >= 4 is 12.2 Å². The third kappa shape index (κ3) is 44.9. The summed E-state index contributed by atoms with van der Waals surface area (Å²) in [7, 11) is 0. The fraction of sp³-hybridized carbons (Fsp3) is 0.833. The molecule has 23 heavy (non-hydrogen) atoms. The molecule has 132 valence electrons. The number of hydrogen-bond donors (Lipinski definition) is 8. The molecular formula is C12H30CrN6O4+6. The maximum atomic E-state index is 8.78. The van der Waals surface area contributed by atoms with E-state index in [1.54, 1.807) is 0 Å². The van der Waals surface area contributed by atoms with Gasteiger partial charge in [-0.15, -0.1) is 0 Å². The Labute approximate surface area is 147 Å². The van der Waals surface area contributed by atoms with Crippen molar-refractivity contribution in [2.24, 2.45) is 11.5 Å². The summed E-state index contributed by atoms with van der Waals surface area (Å²) in [6.07, 6.45) is -0.222. The summed E-state index contributed by atoms with van der Waals surface area (Å²) >= 11 is 0. The molecule has 1 aliphatic heterocycles. The molecule has 1 fully saturated rings. The summed E-state index contributed by atoms with van der Waals surface area (Å²) in [5, 5.41) is 28.1. The molecule has 0 spiro atoms. The topological polar surface area (TPSA) is 175 Å². The van der Waals surface area contributed by atoms with Crippen LogP contribution in [0, 0.1) is 0 Å². The van der Waals surface area contributed by atoms with E-state index in [1.807, 2.05) is 0 Å². The van der Waals surface area contributed by atoms with Gasteiger partial charge in [0.05, 0.1) is 0 Å². The van der Waals surface area contributed by atoms with Crippen molar-refractivity contribution in [2.45, 2.75) is 12.8 Å². The summed E-state index contributed by atoms with van der Waals surface area (Å²) in [4.78, 5) is 17.6. The van der Waals surface area contributed by atoms with Gasteiger partial charge in [0.1, 0.15) is 0 Å². The van der Waals surface area contributed by atoms with Gasteiger partial charge in [-0.05, 0) is 39.0 Å². The minimum Gasteiger partial charge on any atom is -0.465 e. The average Bonchev–Trinajstić information content (AvgIpc) is 2.40. The second-order valence-corrected chi connectivity index (χ2v) is 4.38. The first-order valence-electron chi connectivity index (χ1n) is 7.26. The van der Waals surface area contributed by atoms with E-state index in [-0.39, 0.29) is 17.4 Å². The number of carboxylic acid groups (broad SMARTS) is 2. The van der Waals surface area contributed by atoms with Gasteiger partial charge in [0.15, 0.2) is 0 Å². The van der Waals surface area contributed by atoms with Crippen molar-refractivity contribution < 1.29 is 37.2 Å². The second-order valence-electron chi connectivity index (χ2n) is 4.38. The molecule has 0 atom stereocenters. The van der Waals surface area contributed by atoms with Crippen LogP contribution in [-0.2, 0) is 17.4 Å². The number of rotatable bonds is 0. The van der Waals surface area contributed by atoms with E-state index in [0.29, 0.717) is 0 Å². The molecule has 0 unspecified atom stereocenters. The first-order valence-corrected chi connectivity index (χ1v) is 7.26. The van der Waals surface area contributed by atoms with Crippen LogP contribution in [0.5, 0.6) is 0 Å². The van der Waals surface area contributed by atoms with Crippen molar-refractivity contribution in [3.63, 3.8) is 0 Å². The Morgan fingerprint density at radius 2 is 0.783 bits per heavy atom. The summed E-state index contributed by atoms with van der Waals surface area (Å²) < 4.78 is 0. The molecule has 0 aromatic carbocycles. The Kier molecular flexibility index (Phi) is 27.0. The molecule has 0 radical (unpaired) electrons. The van der Waals surface area contributed by atoms with Crippen molar-refractivity contribution in [3.8, 4) is 0 Å². The minimum atomic E-state index is -1.33. The zero-order valence-corrected chi connectivity index (χ0v) is 14.6. The Hall–Kier alpha value is -1.09. The molecule has 1 aliphatic rings. The zero-order chi connectivity index (χ0) is 17.1. The van der Waals surface area contributed by atoms with Gasteiger partial charge in [0, 0.05) is 26.2 Å². The standard InChI is InChI=1S/C10H24N4.2CH3NO2.Cr/c1-3-11-7-9-13-5-2-6-14-10-8-12-4-1;2*2-1(3)4;/h11-14H,1-10H2;2*2H2,(H,3,4);/q;;;+6. The molecular weight excluding hydrogens is 344 g/mol. The van der Waals surface area contributed by atoms with Gasteiger partial charge in [-0.3, -0.25) is 0 Å². The van der Waals surface area contributed by atoms with Crippen LogP contribution in [0.4, 0.5) is 9.59 Å². The number of amides is 2. The maximum Gasteiger partial charge on any atom is 6.00 e. The summed E-state index contributed by atoms with van der Waals surface area (Å²) in [6.45, 7) is 8.87. The molecule has 10 nitrogen and oxygen atoms in total. The van der Waals surface area contributed by atoms with Gasteiger partial charge in [-0.2, -0.15) is 0 Å². The normalized spacial score (nSPS) is 16.7. The predicted octanol–water partition coefficient (Wildman–Crippen LogP) is -1.62. The van der Waals surface area contributed by atoms with E-state index >= 15 is 0 Å². The van der Waals surface area contributed by atoms with E-state index in [2.05, 4.69) is 32.7 Å². The monoisotopic (exact) mass is 374 g/mol. The third-order valence-corrected chi connectivity index (χ3v) is 2.37. The van der Waals surface area contributed by atoms with Gasteiger partial charge in [-0.1, -0.05) is 0 Å². The zero-order valence-electron chi connectivity index (χ0n) is 13.3. The third-order valence-electron chi connectivity index (χ3n) is 2.37. The number of nitrogens with one attached hydrogen (secondary N) is 4. The van der Waals surface area contributed by atoms with Gasteiger partial charge < -0.3 is 42.9 Å². The van der Waals surface area contributed by atoms with Gasteiger partial charge in [0.25, 0.3) is 0 Å². The fourth-order valence-corrected chi connectivity index (χ4v) is 1.53. The molecule has 0 bridgehead atoms. The molecule has 0 aliphatic carbocycles. The maximum absolute atomic E-state index is 8.78. The van der Waals surface area contributed by atoms with Crippen LogP contribution in [0.2, 0.25) is 0 Å². The molecule has 11 heteroatoms. The van der Waals surface area contributed by atoms with Crippen molar-refractivity contribution in [1.82, 2.24) is 21.3 Å². The first-order chi connectivity index (χ1) is 10.5. The van der Waals surface area contributed by atoms with E-state index in [4.69, 9.17) is 19.8 Å². The van der Waals surface area contributed by atoms with E-state index in [9.17, 15) is 0 Å². The average molecular weight is 374 g/mol. The van der Waals surface area contributed by atoms with Crippen LogP contribution in [0.1, 0.15) is 12.8 Å². The molecule has 0 aromatic rings. The van der Waals surface area contributed by atoms with Crippen LogP contribution in [0.15, 0.2) is 0 Å². The largest absolute Gasteiger partial charge is 6.00 e. The molecule has 1 saturated heterocycles. The molecule has 0 aromatic heterocycles. The summed E-state index contributed by atoms with van der Waals surface area (Å²) in [6, 6.07) is 0. The molecule has 1 heterocycles. The number of primary amides is 2. The van der Waals surface area contributed by atoms with Crippen molar-refractivity contribution in [3.05, 3.63) is 0 Å². The molecule has 0 saturated carbocycles. The number of carbonyl (C=O) groups is 2. The van der Waals surface area contributed by atoms with E-state index in [1.165, 1.54) is 12.8 Å². The molecule has 2 amide bonds. The first kappa shape index (κ1) is 26.8. The molecule has 10 N–H and O–H groups in total. The molecule has 1 rings (SSSR count). The van der Waals surface area contributed by atoms with Gasteiger partial charge in [0.2, 0.25) is 0 Å². The van der Waals surface area contributed by atoms with Crippen LogP contribution in [0.3, 0.4) is 0 Å². The Balaban J connectivity index is -0.000000374. The van der Waals surface area contributed by atoms with Crippen LogP contribution >= 0.6 is 0 Å². The van der Waals surface area contributed by atoms with Crippen LogP contribution in [-0.4, -0.2) is 74.8 Å². The van der Waals surface area contributed by atoms with Crippen LogP contribution < -0.4 is 32.7 Å². The van der Waals surface area contributed by atoms with Crippen LogP contribution in [0.25, 0.3) is 0 Å². The van der Waals surface area contributed by atoms with E-state index in [0.717, 1.165) is 52.4 Å². The predicted molar refractivity (Wildman–Crippen MR) is 85.1 cm³/mol. The van der Waals surface area contributed by atoms with Gasteiger partial charge >= 0.3 is 29.5 Å². The SMILES string of the molecule is C1CNCCNCCCNCCNC1.NC(=O)O.NC(=O)O.[Cr+6]. The Bertz CT molecular complexity index is 201. The van der Waals surface area contributed by atoms with Crippen molar-refractivity contribution in [2.75, 3.05) is 52.4 Å². The number of hydrogen-bond acceptors (Lipinski definition) is 6. The summed E-state index contributed by atoms with van der Waals surface area (Å²) in [5.41, 5.74) is 8.06. The fourth-order valence-electron chi connectivity index (χ4n) is 1.53. The quantitative estimate of drug-likeness (QED) is 0.250. The van der Waals surface area contributed by atoms with Crippen molar-refractivity contribution in [1.29, 1.82) is 0 Å².